The minimum Gasteiger partial charge on any atom is -0.481 e. The van der Waals surface area contributed by atoms with Crippen LogP contribution in [-0.4, -0.2) is 37.4 Å². The van der Waals surface area contributed by atoms with Gasteiger partial charge in [-0.15, -0.1) is 0 Å². The number of halogens is 3. The normalized spacial score (nSPS) is 12.4. The van der Waals surface area contributed by atoms with E-state index in [4.69, 9.17) is 5.11 Å². The number of hydrogen-bond donors (Lipinski definition) is 2. The van der Waals surface area contributed by atoms with E-state index in [2.05, 4.69) is 0 Å². The summed E-state index contributed by atoms with van der Waals surface area (Å²) in [4.78, 5) is 10.4. The maximum Gasteiger partial charge on any atom is 0.418 e. The van der Waals surface area contributed by atoms with Gasteiger partial charge in [0.2, 0.25) is 0 Å². The number of hydrogen-bond acceptors (Lipinski definition) is 3. The third-order valence-corrected chi connectivity index (χ3v) is 4.00. The van der Waals surface area contributed by atoms with Crippen LogP contribution in [0.1, 0.15) is 12.0 Å². The predicted octanol–water partition coefficient (Wildman–Crippen LogP) is 1.77. The summed E-state index contributed by atoms with van der Waals surface area (Å²) in [6.45, 7) is -0.362. The summed E-state index contributed by atoms with van der Waals surface area (Å²) in [5.74, 6) is -1.22. The molecule has 0 aliphatic heterocycles. The molecule has 10 heteroatoms. The van der Waals surface area contributed by atoms with Crippen molar-refractivity contribution in [3.05, 3.63) is 29.8 Å². The lowest BCUT2D eigenvalue weighted by atomic mass is 10.2. The lowest BCUT2D eigenvalue weighted by Gasteiger charge is -2.19. The number of aliphatic carboxylic acids is 1. The molecular formula is C11H13F3N2O4S. The Morgan fingerprint density at radius 1 is 1.33 bits per heavy atom. The molecule has 0 aromatic heterocycles. The summed E-state index contributed by atoms with van der Waals surface area (Å²) < 4.78 is 64.4. The van der Waals surface area contributed by atoms with Gasteiger partial charge >= 0.3 is 22.4 Å². The summed E-state index contributed by atoms with van der Waals surface area (Å²) in [6.07, 6.45) is -5.17. The second-order valence-corrected chi connectivity index (χ2v) is 5.89. The molecule has 0 heterocycles. The number of benzene rings is 1. The van der Waals surface area contributed by atoms with Gasteiger partial charge < -0.3 is 5.11 Å². The minimum absolute atomic E-state index is 0.362. The van der Waals surface area contributed by atoms with Crippen LogP contribution >= 0.6 is 0 Å². The molecule has 0 radical (unpaired) electrons. The molecule has 0 aliphatic carbocycles. The second-order valence-electron chi connectivity index (χ2n) is 4.12. The monoisotopic (exact) mass is 326 g/mol. The van der Waals surface area contributed by atoms with Gasteiger partial charge in [-0.1, -0.05) is 12.1 Å². The quantitative estimate of drug-likeness (QED) is 0.834. The van der Waals surface area contributed by atoms with Gasteiger partial charge in [-0.2, -0.15) is 25.9 Å². The lowest BCUT2D eigenvalue weighted by molar-refractivity contribution is -0.137. The van der Waals surface area contributed by atoms with Gasteiger partial charge in [0.25, 0.3) is 0 Å². The third-order valence-electron chi connectivity index (χ3n) is 2.52. The molecule has 0 bridgehead atoms. The molecule has 6 nitrogen and oxygen atoms in total. The molecule has 0 saturated carbocycles. The summed E-state index contributed by atoms with van der Waals surface area (Å²) in [7, 11) is -3.20. The first-order chi connectivity index (χ1) is 9.54. The highest BCUT2D eigenvalue weighted by Gasteiger charge is 2.34. The van der Waals surface area contributed by atoms with Gasteiger partial charge in [0.05, 0.1) is 17.7 Å². The van der Waals surface area contributed by atoms with Gasteiger partial charge in [0.1, 0.15) is 0 Å². The molecule has 0 spiro atoms. The van der Waals surface area contributed by atoms with Crippen LogP contribution in [-0.2, 0) is 21.2 Å². The average Bonchev–Trinajstić information content (AvgIpc) is 2.34. The van der Waals surface area contributed by atoms with Crippen LogP contribution in [0.2, 0.25) is 0 Å². The van der Waals surface area contributed by atoms with Gasteiger partial charge in [0, 0.05) is 13.6 Å². The fourth-order valence-corrected chi connectivity index (χ4v) is 2.35. The van der Waals surface area contributed by atoms with E-state index >= 15 is 0 Å². The fraction of sp³-hybridized carbons (Fsp3) is 0.364. The maximum absolute atomic E-state index is 12.8. The maximum atomic E-state index is 12.8. The summed E-state index contributed by atoms with van der Waals surface area (Å²) >= 11 is 0. The topological polar surface area (TPSA) is 86.7 Å². The van der Waals surface area contributed by atoms with Crippen molar-refractivity contribution in [2.24, 2.45) is 0 Å². The Bertz CT molecular complexity index is 616. The average molecular weight is 326 g/mol. The van der Waals surface area contributed by atoms with Gasteiger partial charge in [-0.25, -0.2) is 0 Å². The highest BCUT2D eigenvalue weighted by atomic mass is 32.2. The molecular weight excluding hydrogens is 313 g/mol. The molecule has 0 saturated heterocycles. The second kappa shape index (κ2) is 6.31. The summed E-state index contributed by atoms with van der Waals surface area (Å²) in [6, 6.07) is 4.11. The van der Waals surface area contributed by atoms with Crippen molar-refractivity contribution in [3.8, 4) is 0 Å². The van der Waals surface area contributed by atoms with Crippen LogP contribution in [0.4, 0.5) is 18.9 Å². The summed E-state index contributed by atoms with van der Waals surface area (Å²) in [5, 5.41) is 8.48. The predicted molar refractivity (Wildman–Crippen MR) is 68.9 cm³/mol. The van der Waals surface area contributed by atoms with E-state index in [9.17, 15) is 26.4 Å². The molecule has 0 amide bonds. The molecule has 2 N–H and O–H groups in total. The zero-order valence-corrected chi connectivity index (χ0v) is 11.7. The standard InChI is InChI=1S/C11H13F3N2O4S/c1-16(7-6-10(17)18)21(19,20)15-9-5-3-2-4-8(9)11(12,13)14/h2-5,15H,6-7H2,1H3,(H,17,18). The van der Waals surface area contributed by atoms with Crippen LogP contribution in [0, 0.1) is 0 Å². The number of alkyl halides is 3. The third kappa shape index (κ3) is 4.90. The van der Waals surface area contributed by atoms with Crippen LogP contribution < -0.4 is 4.72 Å². The fourth-order valence-electron chi connectivity index (χ4n) is 1.41. The minimum atomic E-state index is -4.71. The Balaban J connectivity index is 2.97. The summed E-state index contributed by atoms with van der Waals surface area (Å²) in [5.41, 5.74) is -1.74. The Kier molecular flexibility index (Phi) is 5.18. The van der Waals surface area contributed by atoms with E-state index in [1.165, 1.54) is 6.07 Å². The molecule has 1 aromatic rings. The molecule has 0 atom stereocenters. The Labute approximate surface area is 119 Å². The SMILES string of the molecule is CN(CCC(=O)O)S(=O)(=O)Nc1ccccc1C(F)(F)F. The Hall–Kier alpha value is -1.81. The first-order valence-corrected chi connectivity index (χ1v) is 7.10. The molecule has 118 valence electrons. The van der Waals surface area contributed by atoms with Crippen molar-refractivity contribution in [1.29, 1.82) is 0 Å². The van der Waals surface area contributed by atoms with Crippen molar-refractivity contribution < 1.29 is 31.5 Å². The number of carbonyl (C=O) groups is 1. The van der Waals surface area contributed by atoms with Crippen molar-refractivity contribution in [3.63, 3.8) is 0 Å². The largest absolute Gasteiger partial charge is 0.481 e. The van der Waals surface area contributed by atoms with Crippen molar-refractivity contribution >= 4 is 21.9 Å². The number of nitrogens with zero attached hydrogens (tertiary/aromatic N) is 1. The first kappa shape index (κ1) is 17.2. The van der Waals surface area contributed by atoms with E-state index in [1.54, 1.807) is 4.72 Å². The smallest absolute Gasteiger partial charge is 0.418 e. The Morgan fingerprint density at radius 2 is 1.90 bits per heavy atom. The molecule has 21 heavy (non-hydrogen) atoms. The lowest BCUT2D eigenvalue weighted by Crippen LogP contribution is -2.34. The van der Waals surface area contributed by atoms with Crippen LogP contribution in [0.5, 0.6) is 0 Å². The molecule has 1 aromatic carbocycles. The molecule has 0 aliphatic rings. The number of nitrogens with one attached hydrogen (secondary N) is 1. The van der Waals surface area contributed by atoms with E-state index in [-0.39, 0.29) is 6.54 Å². The van der Waals surface area contributed by atoms with E-state index in [0.29, 0.717) is 4.31 Å². The molecule has 0 unspecified atom stereocenters. The van der Waals surface area contributed by atoms with Gasteiger partial charge in [-0.3, -0.25) is 9.52 Å². The van der Waals surface area contributed by atoms with E-state index < -0.39 is 40.0 Å². The first-order valence-electron chi connectivity index (χ1n) is 5.66. The zero-order valence-electron chi connectivity index (χ0n) is 10.9. The van der Waals surface area contributed by atoms with E-state index in [0.717, 1.165) is 25.2 Å². The number of anilines is 1. The molecule has 0 fully saturated rings. The van der Waals surface area contributed by atoms with Crippen LogP contribution in [0.3, 0.4) is 0 Å². The Morgan fingerprint density at radius 3 is 2.43 bits per heavy atom. The number of para-hydroxylation sites is 1. The number of carboxylic acid groups (broad SMARTS) is 1. The number of carboxylic acids is 1. The molecule has 1 rings (SSSR count). The van der Waals surface area contributed by atoms with Crippen molar-refractivity contribution in [2.45, 2.75) is 12.6 Å². The highest BCUT2D eigenvalue weighted by Crippen LogP contribution is 2.35. The zero-order chi connectivity index (χ0) is 16.3. The van der Waals surface area contributed by atoms with Crippen molar-refractivity contribution in [1.82, 2.24) is 4.31 Å². The van der Waals surface area contributed by atoms with Gasteiger partial charge in [-0.05, 0) is 12.1 Å². The number of rotatable bonds is 6. The van der Waals surface area contributed by atoms with Gasteiger partial charge in [0.15, 0.2) is 0 Å². The highest BCUT2D eigenvalue weighted by molar-refractivity contribution is 7.90. The van der Waals surface area contributed by atoms with Crippen LogP contribution in [0.25, 0.3) is 0 Å². The van der Waals surface area contributed by atoms with Crippen LogP contribution in [0.15, 0.2) is 24.3 Å². The van der Waals surface area contributed by atoms with E-state index in [1.807, 2.05) is 0 Å². The van der Waals surface area contributed by atoms with Crippen molar-refractivity contribution in [2.75, 3.05) is 18.3 Å².